The maximum atomic E-state index is 13.1. The lowest BCUT2D eigenvalue weighted by Crippen LogP contribution is -2.28. The van der Waals surface area contributed by atoms with Crippen molar-refractivity contribution < 1.29 is 18.0 Å². The fraction of sp³-hybridized carbons (Fsp3) is 0.200. The van der Waals surface area contributed by atoms with Crippen molar-refractivity contribution in [3.63, 3.8) is 0 Å². The van der Waals surface area contributed by atoms with Crippen LogP contribution in [0.2, 0.25) is 5.02 Å². The number of nitrogens with zero attached hydrogens (tertiary/aromatic N) is 1. The lowest BCUT2D eigenvalue weighted by Gasteiger charge is -2.17. The van der Waals surface area contributed by atoms with E-state index in [9.17, 15) is 18.0 Å². The highest BCUT2D eigenvalue weighted by molar-refractivity contribution is 9.10. The van der Waals surface area contributed by atoms with E-state index in [1.807, 2.05) is 6.92 Å². The number of sulfonamides is 1. The summed E-state index contributed by atoms with van der Waals surface area (Å²) in [6, 6.07) is 17.3. The molecule has 1 N–H and O–H groups in total. The van der Waals surface area contributed by atoms with Crippen LogP contribution in [-0.2, 0) is 10.0 Å². The fourth-order valence-corrected chi connectivity index (χ4v) is 5.05. The Morgan fingerprint density at radius 2 is 1.68 bits per heavy atom. The van der Waals surface area contributed by atoms with E-state index < -0.39 is 15.9 Å². The average molecular weight is 564 g/mol. The van der Waals surface area contributed by atoms with E-state index in [0.29, 0.717) is 27.3 Å². The average Bonchev–Trinajstić information content (AvgIpc) is 2.83. The van der Waals surface area contributed by atoms with Crippen molar-refractivity contribution in [2.24, 2.45) is 0 Å². The first-order chi connectivity index (χ1) is 16.1. The zero-order chi connectivity index (χ0) is 24.9. The minimum absolute atomic E-state index is 0.112. The first-order valence-electron chi connectivity index (χ1n) is 10.6. The van der Waals surface area contributed by atoms with E-state index in [-0.39, 0.29) is 21.8 Å². The number of anilines is 1. The van der Waals surface area contributed by atoms with Crippen molar-refractivity contribution in [3.8, 4) is 0 Å². The molecule has 0 saturated carbocycles. The number of ketones is 1. The molecule has 0 bridgehead atoms. The molecule has 0 unspecified atom stereocenters. The van der Waals surface area contributed by atoms with Gasteiger partial charge in [0.25, 0.3) is 5.91 Å². The summed E-state index contributed by atoms with van der Waals surface area (Å²) in [4.78, 5) is 26.1. The van der Waals surface area contributed by atoms with E-state index in [4.69, 9.17) is 11.6 Å². The van der Waals surface area contributed by atoms with Gasteiger partial charge in [0.1, 0.15) is 0 Å². The van der Waals surface area contributed by atoms with Gasteiger partial charge in [-0.3, -0.25) is 9.59 Å². The van der Waals surface area contributed by atoms with Gasteiger partial charge in [-0.2, -0.15) is 0 Å². The molecule has 0 heterocycles. The molecule has 3 aromatic rings. The number of amides is 1. The van der Waals surface area contributed by atoms with Crippen molar-refractivity contribution >= 4 is 54.9 Å². The Bertz CT molecular complexity index is 1310. The molecule has 3 rings (SSSR count). The lowest BCUT2D eigenvalue weighted by atomic mass is 10.0. The van der Waals surface area contributed by atoms with Gasteiger partial charge < -0.3 is 5.32 Å². The molecule has 9 heteroatoms. The summed E-state index contributed by atoms with van der Waals surface area (Å²) in [6.45, 7) is 2.42. The molecule has 0 aliphatic rings. The quantitative estimate of drug-likeness (QED) is 0.323. The van der Waals surface area contributed by atoms with Crippen LogP contribution in [-0.4, -0.2) is 38.0 Å². The van der Waals surface area contributed by atoms with Gasteiger partial charge in [0.2, 0.25) is 10.0 Å². The number of nitrogens with one attached hydrogen (secondary N) is 1. The Morgan fingerprint density at radius 1 is 1.00 bits per heavy atom. The zero-order valence-electron chi connectivity index (χ0n) is 18.7. The van der Waals surface area contributed by atoms with Gasteiger partial charge in [0.05, 0.1) is 15.6 Å². The summed E-state index contributed by atoms with van der Waals surface area (Å²) in [5.74, 6) is -0.808. The van der Waals surface area contributed by atoms with Crippen LogP contribution >= 0.6 is 27.5 Å². The highest BCUT2D eigenvalue weighted by atomic mass is 79.9. The Hall–Kier alpha value is -2.52. The number of rotatable bonds is 9. The highest BCUT2D eigenvalue weighted by Gasteiger charge is 2.22. The van der Waals surface area contributed by atoms with Crippen LogP contribution in [0.25, 0.3) is 0 Å². The second-order valence-corrected chi connectivity index (χ2v) is 11.0. The molecule has 0 aliphatic heterocycles. The van der Waals surface area contributed by atoms with Crippen LogP contribution in [0.5, 0.6) is 0 Å². The number of unbranched alkanes of at least 4 members (excludes halogenated alkanes) is 1. The normalized spacial score (nSPS) is 11.4. The fourth-order valence-electron chi connectivity index (χ4n) is 3.26. The topological polar surface area (TPSA) is 83.6 Å². The molecule has 34 heavy (non-hydrogen) atoms. The number of carbonyl (C=O) groups excluding carboxylic acids is 2. The summed E-state index contributed by atoms with van der Waals surface area (Å²) >= 11 is 9.55. The van der Waals surface area contributed by atoms with Crippen molar-refractivity contribution in [1.82, 2.24) is 4.31 Å². The van der Waals surface area contributed by atoms with E-state index in [0.717, 1.165) is 12.8 Å². The molecule has 0 radical (unpaired) electrons. The van der Waals surface area contributed by atoms with Crippen molar-refractivity contribution in [2.75, 3.05) is 18.9 Å². The van der Waals surface area contributed by atoms with Gasteiger partial charge in [0.15, 0.2) is 5.78 Å². The van der Waals surface area contributed by atoms with Gasteiger partial charge in [-0.25, -0.2) is 12.7 Å². The standard InChI is InChI=1S/C25H24BrClN2O4S/c1-3-4-15-29(2)34(32,33)19-12-9-17(10-13-19)25(31)28-23-14-11-18(26)16-21(23)24(30)20-7-5-6-8-22(20)27/h5-14,16H,3-4,15H2,1-2H3,(H,28,31). The molecule has 0 fully saturated rings. The van der Waals surface area contributed by atoms with Crippen LogP contribution in [0.15, 0.2) is 76.1 Å². The number of carbonyl (C=O) groups is 2. The number of benzene rings is 3. The monoisotopic (exact) mass is 562 g/mol. The van der Waals surface area contributed by atoms with Crippen molar-refractivity contribution in [1.29, 1.82) is 0 Å². The first kappa shape index (κ1) is 26.1. The summed E-state index contributed by atoms with van der Waals surface area (Å²) in [5, 5.41) is 3.06. The molecule has 0 aromatic heterocycles. The van der Waals surface area contributed by atoms with E-state index in [1.54, 1.807) is 42.5 Å². The van der Waals surface area contributed by atoms with Crippen LogP contribution in [0.4, 0.5) is 5.69 Å². The number of hydrogen-bond donors (Lipinski definition) is 1. The van der Waals surface area contributed by atoms with Crippen LogP contribution in [0.1, 0.15) is 46.0 Å². The summed E-state index contributed by atoms with van der Waals surface area (Å²) in [7, 11) is -2.09. The third-order valence-corrected chi connectivity index (χ3v) is 7.94. The second kappa shape index (κ2) is 11.3. The Labute approximate surface area is 213 Å². The molecule has 0 atom stereocenters. The molecule has 0 aliphatic carbocycles. The van der Waals surface area contributed by atoms with Crippen LogP contribution < -0.4 is 5.32 Å². The van der Waals surface area contributed by atoms with E-state index in [2.05, 4.69) is 21.2 Å². The van der Waals surface area contributed by atoms with Crippen LogP contribution in [0.3, 0.4) is 0 Å². The highest BCUT2D eigenvalue weighted by Crippen LogP contribution is 2.27. The van der Waals surface area contributed by atoms with Gasteiger partial charge in [-0.05, 0) is 61.0 Å². The summed E-state index contributed by atoms with van der Waals surface area (Å²) in [6.07, 6.45) is 1.65. The van der Waals surface area contributed by atoms with Crippen molar-refractivity contribution in [2.45, 2.75) is 24.7 Å². The molecule has 178 valence electrons. The third-order valence-electron chi connectivity index (χ3n) is 5.24. The minimum Gasteiger partial charge on any atom is -0.321 e. The van der Waals surface area contributed by atoms with Crippen molar-refractivity contribution in [3.05, 3.63) is 92.9 Å². The van der Waals surface area contributed by atoms with Crippen LogP contribution in [0, 0.1) is 0 Å². The predicted octanol–water partition coefficient (Wildman–Crippen LogP) is 6.01. The Kier molecular flexibility index (Phi) is 8.65. The second-order valence-electron chi connectivity index (χ2n) is 7.66. The molecular weight excluding hydrogens is 540 g/mol. The molecule has 3 aromatic carbocycles. The minimum atomic E-state index is -3.63. The van der Waals surface area contributed by atoms with Gasteiger partial charge >= 0.3 is 0 Å². The molecular formula is C25H24BrClN2O4S. The van der Waals surface area contributed by atoms with E-state index in [1.165, 1.54) is 35.6 Å². The van der Waals surface area contributed by atoms with E-state index >= 15 is 0 Å². The number of hydrogen-bond acceptors (Lipinski definition) is 4. The Morgan fingerprint density at radius 3 is 2.32 bits per heavy atom. The Balaban J connectivity index is 1.84. The molecule has 0 spiro atoms. The van der Waals surface area contributed by atoms with Gasteiger partial charge in [0, 0.05) is 34.8 Å². The largest absolute Gasteiger partial charge is 0.321 e. The zero-order valence-corrected chi connectivity index (χ0v) is 21.9. The summed E-state index contributed by atoms with van der Waals surface area (Å²) < 4.78 is 27.4. The third kappa shape index (κ3) is 5.93. The SMILES string of the molecule is CCCCN(C)S(=O)(=O)c1ccc(C(=O)Nc2ccc(Br)cc2C(=O)c2ccccc2Cl)cc1. The molecule has 0 saturated heterocycles. The van der Waals surface area contributed by atoms with Gasteiger partial charge in [-0.15, -0.1) is 0 Å². The smallest absolute Gasteiger partial charge is 0.255 e. The maximum Gasteiger partial charge on any atom is 0.255 e. The molecule has 6 nitrogen and oxygen atoms in total. The first-order valence-corrected chi connectivity index (χ1v) is 13.2. The predicted molar refractivity (Wildman–Crippen MR) is 138 cm³/mol. The summed E-state index contributed by atoms with van der Waals surface area (Å²) in [5.41, 5.74) is 1.16. The van der Waals surface area contributed by atoms with Gasteiger partial charge in [-0.1, -0.05) is 53.0 Å². The number of halogens is 2. The lowest BCUT2D eigenvalue weighted by molar-refractivity contribution is 0.102. The molecule has 1 amide bonds. The maximum absolute atomic E-state index is 13.1.